The molecule has 0 spiro atoms. The van der Waals surface area contributed by atoms with Crippen LogP contribution < -0.4 is 10.1 Å². The highest BCUT2D eigenvalue weighted by Gasteiger charge is 2.25. The van der Waals surface area contributed by atoms with Crippen LogP contribution in [0.5, 0.6) is 5.75 Å². The molecular weight excluding hydrogens is 280 g/mol. The molecule has 5 heteroatoms. The van der Waals surface area contributed by atoms with Crippen LogP contribution in [0.25, 0.3) is 0 Å². The van der Waals surface area contributed by atoms with Gasteiger partial charge in [0.2, 0.25) is 11.8 Å². The van der Waals surface area contributed by atoms with Crippen molar-refractivity contribution in [3.05, 3.63) is 29.8 Å². The van der Waals surface area contributed by atoms with Crippen molar-refractivity contribution in [3.63, 3.8) is 0 Å². The maximum absolute atomic E-state index is 12.0. The fourth-order valence-electron chi connectivity index (χ4n) is 2.19. The third kappa shape index (κ3) is 5.76. The fraction of sp³-hybridized carbons (Fsp3) is 0.529. The lowest BCUT2D eigenvalue weighted by Gasteiger charge is -2.34. The minimum atomic E-state index is -0.365. The molecule has 0 aliphatic rings. The van der Waals surface area contributed by atoms with E-state index in [4.69, 9.17) is 4.74 Å². The average Bonchev–Trinajstić information content (AvgIpc) is 2.43. The molecule has 0 aliphatic carbocycles. The molecule has 0 aromatic heterocycles. The molecule has 1 aromatic rings. The van der Waals surface area contributed by atoms with E-state index in [0.29, 0.717) is 6.54 Å². The zero-order valence-electron chi connectivity index (χ0n) is 14.1. The first-order chi connectivity index (χ1) is 10.2. The summed E-state index contributed by atoms with van der Waals surface area (Å²) in [6.45, 7) is 7.83. The number of benzene rings is 1. The molecule has 0 unspecified atom stereocenters. The highest BCUT2D eigenvalue weighted by atomic mass is 16.5. The van der Waals surface area contributed by atoms with Gasteiger partial charge < -0.3 is 15.0 Å². The number of carbonyl (C=O) groups excluding carboxylic acids is 2. The quantitative estimate of drug-likeness (QED) is 0.874. The van der Waals surface area contributed by atoms with E-state index in [-0.39, 0.29) is 23.9 Å². The Morgan fingerprint density at radius 1 is 1.27 bits per heavy atom. The van der Waals surface area contributed by atoms with Crippen molar-refractivity contribution in [1.29, 1.82) is 0 Å². The molecule has 5 nitrogen and oxygen atoms in total. The summed E-state index contributed by atoms with van der Waals surface area (Å²) in [6, 6.07) is 7.75. The summed E-state index contributed by atoms with van der Waals surface area (Å²) in [6.07, 6.45) is 0.721. The Morgan fingerprint density at radius 2 is 1.95 bits per heavy atom. The first-order valence-electron chi connectivity index (χ1n) is 7.42. The van der Waals surface area contributed by atoms with Crippen molar-refractivity contribution in [1.82, 2.24) is 10.2 Å². The van der Waals surface area contributed by atoms with Gasteiger partial charge in [0.05, 0.1) is 7.11 Å². The van der Waals surface area contributed by atoms with E-state index < -0.39 is 0 Å². The molecule has 0 atom stereocenters. The molecule has 0 fully saturated rings. The van der Waals surface area contributed by atoms with Crippen molar-refractivity contribution in [2.24, 2.45) is 0 Å². The lowest BCUT2D eigenvalue weighted by Crippen LogP contribution is -2.49. The van der Waals surface area contributed by atoms with Crippen LogP contribution in [0, 0.1) is 0 Å². The van der Waals surface area contributed by atoms with Gasteiger partial charge in [-0.05, 0) is 44.9 Å². The molecular formula is C17H26N2O3. The van der Waals surface area contributed by atoms with Crippen molar-refractivity contribution in [3.8, 4) is 5.75 Å². The standard InChI is InChI=1S/C17H26N2O3/c1-13(20)19(17(2,3)4)12-16(21)18-10-9-14-7-6-8-15(11-14)22-5/h6-8,11H,9-10,12H2,1-5H3,(H,18,21). The van der Waals surface area contributed by atoms with Crippen LogP contribution in [0.4, 0.5) is 0 Å². The van der Waals surface area contributed by atoms with E-state index in [9.17, 15) is 9.59 Å². The number of ether oxygens (including phenoxy) is 1. The number of amides is 2. The Kier molecular flexibility index (Phi) is 6.40. The van der Waals surface area contributed by atoms with Crippen LogP contribution >= 0.6 is 0 Å². The van der Waals surface area contributed by atoms with Gasteiger partial charge in [-0.1, -0.05) is 12.1 Å². The molecule has 1 N–H and O–H groups in total. The monoisotopic (exact) mass is 306 g/mol. The van der Waals surface area contributed by atoms with Crippen molar-refractivity contribution < 1.29 is 14.3 Å². The maximum Gasteiger partial charge on any atom is 0.239 e. The Balaban J connectivity index is 2.47. The molecule has 0 radical (unpaired) electrons. The highest BCUT2D eigenvalue weighted by molar-refractivity contribution is 5.84. The predicted octanol–water partition coefficient (Wildman–Crippen LogP) is 2.00. The Bertz CT molecular complexity index is 521. The fourth-order valence-corrected chi connectivity index (χ4v) is 2.19. The molecule has 0 aliphatic heterocycles. The molecule has 122 valence electrons. The lowest BCUT2D eigenvalue weighted by atomic mass is 10.1. The first kappa shape index (κ1) is 18.0. The number of methoxy groups -OCH3 is 1. The van der Waals surface area contributed by atoms with Gasteiger partial charge in [0.25, 0.3) is 0 Å². The first-order valence-corrected chi connectivity index (χ1v) is 7.42. The van der Waals surface area contributed by atoms with Gasteiger partial charge >= 0.3 is 0 Å². The molecule has 0 heterocycles. The Labute approximate surface area is 132 Å². The second-order valence-corrected chi connectivity index (χ2v) is 6.23. The van der Waals surface area contributed by atoms with E-state index in [1.807, 2.05) is 45.0 Å². The summed E-state index contributed by atoms with van der Waals surface area (Å²) in [5.41, 5.74) is 0.731. The van der Waals surface area contributed by atoms with Gasteiger partial charge in [-0.3, -0.25) is 9.59 Å². The molecule has 1 rings (SSSR count). The van der Waals surface area contributed by atoms with Crippen LogP contribution in [0.2, 0.25) is 0 Å². The number of hydrogen-bond donors (Lipinski definition) is 1. The smallest absolute Gasteiger partial charge is 0.239 e. The largest absolute Gasteiger partial charge is 0.497 e. The molecule has 1 aromatic carbocycles. The molecule has 0 saturated heterocycles. The molecule has 22 heavy (non-hydrogen) atoms. The number of rotatable bonds is 6. The van der Waals surface area contributed by atoms with Crippen LogP contribution in [-0.2, 0) is 16.0 Å². The van der Waals surface area contributed by atoms with E-state index in [2.05, 4.69) is 5.32 Å². The van der Waals surface area contributed by atoms with Crippen LogP contribution in [0.3, 0.4) is 0 Å². The van der Waals surface area contributed by atoms with Gasteiger partial charge in [0.15, 0.2) is 0 Å². The van der Waals surface area contributed by atoms with E-state index in [1.165, 1.54) is 6.92 Å². The Morgan fingerprint density at radius 3 is 2.50 bits per heavy atom. The Hall–Kier alpha value is -2.04. The third-order valence-corrected chi connectivity index (χ3v) is 3.36. The van der Waals surface area contributed by atoms with E-state index in [1.54, 1.807) is 12.0 Å². The minimum Gasteiger partial charge on any atom is -0.497 e. The van der Waals surface area contributed by atoms with Gasteiger partial charge in [-0.15, -0.1) is 0 Å². The summed E-state index contributed by atoms with van der Waals surface area (Å²) in [7, 11) is 1.63. The molecule has 2 amide bonds. The zero-order chi connectivity index (χ0) is 16.8. The van der Waals surface area contributed by atoms with Gasteiger partial charge in [-0.25, -0.2) is 0 Å². The lowest BCUT2D eigenvalue weighted by molar-refractivity contribution is -0.138. The van der Waals surface area contributed by atoms with E-state index >= 15 is 0 Å². The number of nitrogens with zero attached hydrogens (tertiary/aromatic N) is 1. The van der Waals surface area contributed by atoms with Gasteiger partial charge in [-0.2, -0.15) is 0 Å². The summed E-state index contributed by atoms with van der Waals surface area (Å²) < 4.78 is 5.17. The topological polar surface area (TPSA) is 58.6 Å². The zero-order valence-corrected chi connectivity index (χ0v) is 14.1. The summed E-state index contributed by atoms with van der Waals surface area (Å²) in [5.74, 6) is 0.558. The molecule has 0 saturated carbocycles. The highest BCUT2D eigenvalue weighted by Crippen LogP contribution is 2.13. The van der Waals surface area contributed by atoms with Crippen molar-refractivity contribution >= 4 is 11.8 Å². The van der Waals surface area contributed by atoms with Crippen molar-refractivity contribution in [2.45, 2.75) is 39.7 Å². The normalized spacial score (nSPS) is 11.0. The van der Waals surface area contributed by atoms with E-state index in [0.717, 1.165) is 17.7 Å². The maximum atomic E-state index is 12.0. The summed E-state index contributed by atoms with van der Waals surface area (Å²) in [4.78, 5) is 25.2. The average molecular weight is 306 g/mol. The third-order valence-electron chi connectivity index (χ3n) is 3.36. The number of nitrogens with one attached hydrogen (secondary N) is 1. The number of hydrogen-bond acceptors (Lipinski definition) is 3. The van der Waals surface area contributed by atoms with Crippen LogP contribution in [-0.4, -0.2) is 42.5 Å². The van der Waals surface area contributed by atoms with Crippen LogP contribution in [0.1, 0.15) is 33.3 Å². The molecule has 0 bridgehead atoms. The van der Waals surface area contributed by atoms with Gasteiger partial charge in [0, 0.05) is 19.0 Å². The second kappa shape index (κ2) is 7.82. The second-order valence-electron chi connectivity index (χ2n) is 6.23. The SMILES string of the molecule is COc1cccc(CCNC(=O)CN(C(C)=O)C(C)(C)C)c1. The number of carbonyl (C=O) groups is 2. The summed E-state index contributed by atoms with van der Waals surface area (Å²) >= 11 is 0. The summed E-state index contributed by atoms with van der Waals surface area (Å²) in [5, 5.41) is 2.85. The predicted molar refractivity (Wildman–Crippen MR) is 86.8 cm³/mol. The van der Waals surface area contributed by atoms with Crippen molar-refractivity contribution in [2.75, 3.05) is 20.2 Å². The van der Waals surface area contributed by atoms with Gasteiger partial charge in [0.1, 0.15) is 12.3 Å². The minimum absolute atomic E-state index is 0.0803. The van der Waals surface area contributed by atoms with Crippen LogP contribution in [0.15, 0.2) is 24.3 Å².